The lowest BCUT2D eigenvalue weighted by molar-refractivity contribution is 0.0936. The number of amides is 1. The van der Waals surface area contributed by atoms with E-state index in [0.29, 0.717) is 0 Å². The molecule has 0 spiro atoms. The average Bonchev–Trinajstić information content (AvgIpc) is 2.37. The van der Waals surface area contributed by atoms with Crippen molar-refractivity contribution in [1.29, 1.82) is 0 Å². The van der Waals surface area contributed by atoms with Crippen molar-refractivity contribution in [2.75, 3.05) is 0 Å². The Balaban J connectivity index is 3.08. The molecule has 0 saturated heterocycles. The molecule has 0 aromatic heterocycles. The Kier molecular flexibility index (Phi) is 6.30. The van der Waals surface area contributed by atoms with Gasteiger partial charge in [-0.1, -0.05) is 19.8 Å². The van der Waals surface area contributed by atoms with E-state index in [9.17, 15) is 17.6 Å². The summed E-state index contributed by atoms with van der Waals surface area (Å²) in [6, 6.07) is 1.66. The van der Waals surface area contributed by atoms with Gasteiger partial charge in [-0.3, -0.25) is 4.79 Å². The normalized spacial score (nSPS) is 13.0. The van der Waals surface area contributed by atoms with Gasteiger partial charge in [0, 0.05) is 6.04 Å². The number of nitrogens with two attached hydrogens (primary N) is 1. The maximum absolute atomic E-state index is 13.5. The number of benzene rings is 1. The minimum atomic E-state index is -4.12. The molecule has 0 bridgehead atoms. The van der Waals surface area contributed by atoms with E-state index in [1.54, 1.807) is 0 Å². The van der Waals surface area contributed by atoms with Gasteiger partial charge in [-0.05, 0) is 41.4 Å². The number of carbonyl (C=O) groups is 1. The summed E-state index contributed by atoms with van der Waals surface area (Å²) in [5, 5.41) is 7.71. The smallest absolute Gasteiger partial charge is 0.252 e. The summed E-state index contributed by atoms with van der Waals surface area (Å²) < 4.78 is 36.3. The zero-order valence-electron chi connectivity index (χ0n) is 11.8. The number of rotatable bonds is 6. The number of nitrogens with one attached hydrogen (secondary N) is 1. The van der Waals surface area contributed by atoms with Crippen LogP contribution < -0.4 is 10.5 Å². The van der Waals surface area contributed by atoms with Crippen molar-refractivity contribution >= 4 is 31.9 Å². The number of halogens is 2. The molecule has 1 rings (SSSR count). The predicted octanol–water partition coefficient (Wildman–Crippen LogP) is 2.54. The molecule has 0 radical (unpaired) electrons. The van der Waals surface area contributed by atoms with Crippen molar-refractivity contribution < 1.29 is 17.6 Å². The predicted molar refractivity (Wildman–Crippen MR) is 81.9 cm³/mol. The van der Waals surface area contributed by atoms with Crippen molar-refractivity contribution in [2.45, 2.75) is 44.0 Å². The third kappa shape index (κ3) is 5.05. The van der Waals surface area contributed by atoms with Crippen LogP contribution in [0.25, 0.3) is 0 Å². The summed E-state index contributed by atoms with van der Waals surface area (Å²) in [7, 11) is -4.12. The van der Waals surface area contributed by atoms with Gasteiger partial charge in [0.25, 0.3) is 5.91 Å². The van der Waals surface area contributed by atoms with Gasteiger partial charge in [0.05, 0.1) is 14.9 Å². The van der Waals surface area contributed by atoms with Crippen molar-refractivity contribution in [1.82, 2.24) is 5.32 Å². The number of unbranched alkanes of at least 4 members (excludes halogenated alkanes) is 1. The van der Waals surface area contributed by atoms with Gasteiger partial charge in [0.1, 0.15) is 5.82 Å². The van der Waals surface area contributed by atoms with E-state index < -0.39 is 26.6 Å². The van der Waals surface area contributed by atoms with Crippen LogP contribution >= 0.6 is 15.9 Å². The minimum absolute atomic E-state index is 0.0356. The fourth-order valence-electron chi connectivity index (χ4n) is 1.82. The zero-order chi connectivity index (χ0) is 16.2. The van der Waals surface area contributed by atoms with E-state index in [4.69, 9.17) is 5.14 Å². The Morgan fingerprint density at radius 1 is 1.48 bits per heavy atom. The zero-order valence-corrected chi connectivity index (χ0v) is 14.2. The number of sulfonamides is 1. The lowest BCUT2D eigenvalue weighted by Crippen LogP contribution is -2.33. The second-order valence-electron chi connectivity index (χ2n) is 4.83. The quantitative estimate of drug-likeness (QED) is 0.794. The molecule has 3 N–H and O–H groups in total. The highest BCUT2D eigenvalue weighted by Crippen LogP contribution is 2.26. The Bertz CT molecular complexity index is 635. The van der Waals surface area contributed by atoms with Crippen LogP contribution in [0, 0.1) is 5.82 Å². The summed E-state index contributed by atoms with van der Waals surface area (Å²) in [5.74, 6) is -1.39. The van der Waals surface area contributed by atoms with Crippen LogP contribution in [0.3, 0.4) is 0 Å². The summed E-state index contributed by atoms with van der Waals surface area (Å²) in [4.78, 5) is 11.7. The maximum Gasteiger partial charge on any atom is 0.252 e. The first kappa shape index (κ1) is 18.1. The molecular formula is C13H18BrFN2O3S. The number of hydrogen-bond acceptors (Lipinski definition) is 3. The Labute approximate surface area is 132 Å². The molecule has 0 aliphatic heterocycles. The van der Waals surface area contributed by atoms with Gasteiger partial charge < -0.3 is 5.32 Å². The molecule has 0 aliphatic carbocycles. The third-order valence-corrected chi connectivity index (χ3v) is 4.98. The molecule has 118 valence electrons. The topological polar surface area (TPSA) is 89.3 Å². The lowest BCUT2D eigenvalue weighted by Gasteiger charge is -2.15. The molecule has 0 heterocycles. The largest absolute Gasteiger partial charge is 0.350 e. The molecule has 8 heteroatoms. The Morgan fingerprint density at radius 3 is 2.62 bits per heavy atom. The Morgan fingerprint density at radius 2 is 2.10 bits per heavy atom. The summed E-state index contributed by atoms with van der Waals surface area (Å²) in [5.41, 5.74) is -0.0950. The average molecular weight is 381 g/mol. The fraction of sp³-hybridized carbons (Fsp3) is 0.462. The van der Waals surface area contributed by atoms with Crippen molar-refractivity contribution in [3.05, 3.63) is 28.0 Å². The molecule has 1 aromatic rings. The van der Waals surface area contributed by atoms with Gasteiger partial charge in [0.15, 0.2) is 0 Å². The van der Waals surface area contributed by atoms with Crippen molar-refractivity contribution in [3.63, 3.8) is 0 Å². The van der Waals surface area contributed by atoms with E-state index in [0.717, 1.165) is 31.4 Å². The van der Waals surface area contributed by atoms with Crippen LogP contribution in [0.15, 0.2) is 21.5 Å². The molecule has 1 aromatic carbocycles. The standard InChI is InChI=1S/C13H18BrFN2O3S/c1-3-4-5-8(2)17-13(18)10-6-9(15)7-11(12(10)14)21(16,19)20/h6-8H,3-5H2,1-2H3,(H,17,18)(H2,16,19,20). The van der Waals surface area contributed by atoms with E-state index >= 15 is 0 Å². The molecule has 0 fully saturated rings. The Hall–Kier alpha value is -0.990. The molecule has 0 saturated carbocycles. The number of hydrogen-bond donors (Lipinski definition) is 2. The fourth-order valence-corrected chi connectivity index (χ4v) is 3.54. The van der Waals surface area contributed by atoms with Crippen LogP contribution in [-0.4, -0.2) is 20.4 Å². The number of primary sulfonamides is 1. The first-order valence-electron chi connectivity index (χ1n) is 6.49. The van der Waals surface area contributed by atoms with Gasteiger partial charge >= 0.3 is 0 Å². The first-order valence-corrected chi connectivity index (χ1v) is 8.83. The summed E-state index contributed by atoms with van der Waals surface area (Å²) in [6.45, 7) is 3.87. The molecule has 1 atom stereocenters. The summed E-state index contributed by atoms with van der Waals surface area (Å²) >= 11 is 3.01. The highest BCUT2D eigenvalue weighted by molar-refractivity contribution is 9.10. The van der Waals surface area contributed by atoms with Crippen LogP contribution in [0.5, 0.6) is 0 Å². The monoisotopic (exact) mass is 380 g/mol. The first-order chi connectivity index (χ1) is 9.66. The summed E-state index contributed by atoms with van der Waals surface area (Å²) in [6.07, 6.45) is 2.74. The van der Waals surface area contributed by atoms with Crippen LogP contribution in [0.1, 0.15) is 43.5 Å². The number of carbonyl (C=O) groups excluding carboxylic acids is 1. The molecule has 5 nitrogen and oxygen atoms in total. The molecular weight excluding hydrogens is 363 g/mol. The van der Waals surface area contributed by atoms with Crippen LogP contribution in [0.4, 0.5) is 4.39 Å². The molecule has 21 heavy (non-hydrogen) atoms. The molecule has 1 unspecified atom stereocenters. The van der Waals surface area contributed by atoms with Crippen molar-refractivity contribution in [3.8, 4) is 0 Å². The van der Waals surface area contributed by atoms with Crippen LogP contribution in [-0.2, 0) is 10.0 Å². The highest BCUT2D eigenvalue weighted by Gasteiger charge is 2.22. The van der Waals surface area contributed by atoms with Gasteiger partial charge in [-0.25, -0.2) is 17.9 Å². The molecule has 0 aliphatic rings. The van der Waals surface area contributed by atoms with Gasteiger partial charge in [-0.15, -0.1) is 0 Å². The van der Waals surface area contributed by atoms with E-state index in [1.165, 1.54) is 0 Å². The highest BCUT2D eigenvalue weighted by atomic mass is 79.9. The second-order valence-corrected chi connectivity index (χ2v) is 7.15. The SMILES string of the molecule is CCCCC(C)NC(=O)c1cc(F)cc(S(N)(=O)=O)c1Br. The van der Waals surface area contributed by atoms with Crippen molar-refractivity contribution in [2.24, 2.45) is 5.14 Å². The third-order valence-electron chi connectivity index (χ3n) is 2.92. The van der Waals surface area contributed by atoms with Gasteiger partial charge in [0.2, 0.25) is 10.0 Å². The maximum atomic E-state index is 13.5. The minimum Gasteiger partial charge on any atom is -0.350 e. The van der Waals surface area contributed by atoms with Gasteiger partial charge in [-0.2, -0.15) is 0 Å². The van der Waals surface area contributed by atoms with Crippen LogP contribution in [0.2, 0.25) is 0 Å². The van der Waals surface area contributed by atoms with E-state index in [1.807, 2.05) is 13.8 Å². The lowest BCUT2D eigenvalue weighted by atomic mass is 10.1. The van der Waals surface area contributed by atoms with E-state index in [-0.39, 0.29) is 16.1 Å². The second kappa shape index (κ2) is 7.33. The molecule has 1 amide bonds. The van der Waals surface area contributed by atoms with E-state index in [2.05, 4.69) is 21.2 Å².